The van der Waals surface area contributed by atoms with E-state index in [2.05, 4.69) is 5.10 Å². The minimum Gasteiger partial charge on any atom is -0.381 e. The lowest BCUT2D eigenvalue weighted by molar-refractivity contribution is 0.398. The Morgan fingerprint density at radius 2 is 1.90 bits per heavy atom. The third-order valence-electron chi connectivity index (χ3n) is 3.38. The second kappa shape index (κ2) is 5.67. The molecule has 0 radical (unpaired) electrons. The van der Waals surface area contributed by atoms with E-state index in [1.807, 2.05) is 0 Å². The Balaban J connectivity index is 2.36. The fourth-order valence-electron chi connectivity index (χ4n) is 2.00. The Morgan fingerprint density at radius 1 is 1.33 bits per heavy atom. The predicted octanol–water partition coefficient (Wildman–Crippen LogP) is 2.04. The van der Waals surface area contributed by atoms with Gasteiger partial charge < -0.3 is 5.73 Å². The Hall–Kier alpha value is -1.57. The van der Waals surface area contributed by atoms with Gasteiger partial charge >= 0.3 is 0 Å². The molecule has 0 aliphatic heterocycles. The maximum Gasteiger partial charge on any atom is 0.248 e. The summed E-state index contributed by atoms with van der Waals surface area (Å²) in [5.74, 6) is -0.00680. The predicted molar refractivity (Wildman–Crippen MR) is 82.4 cm³/mol. The Labute approximate surface area is 129 Å². The van der Waals surface area contributed by atoms with E-state index >= 15 is 0 Å². The van der Waals surface area contributed by atoms with Gasteiger partial charge in [0, 0.05) is 31.4 Å². The maximum atomic E-state index is 12.6. The lowest BCUT2D eigenvalue weighted by Crippen LogP contribution is -2.30. The average Bonchev–Trinajstić information content (AvgIpc) is 2.77. The number of nitrogen functional groups attached to an aromatic ring is 1. The van der Waals surface area contributed by atoms with Gasteiger partial charge in [0.05, 0.1) is 0 Å². The first-order valence-corrected chi connectivity index (χ1v) is 8.08. The quantitative estimate of drug-likeness (QED) is 0.931. The molecule has 114 valence electrons. The normalized spacial score (nSPS) is 13.6. The minimum absolute atomic E-state index is 0.00680. The van der Waals surface area contributed by atoms with Crippen molar-refractivity contribution < 1.29 is 8.42 Å². The van der Waals surface area contributed by atoms with Gasteiger partial charge in [-0.25, -0.2) is 8.42 Å². The first-order chi connectivity index (χ1) is 9.73. The molecule has 6 nitrogen and oxygen atoms in total. The lowest BCUT2D eigenvalue weighted by atomic mass is 10.1. The fraction of sp³-hybridized carbons (Fsp3) is 0.308. The third-order valence-corrected chi connectivity index (χ3v) is 5.57. The second-order valence-electron chi connectivity index (χ2n) is 4.80. The molecule has 1 heterocycles. The second-order valence-corrected chi connectivity index (χ2v) is 7.20. The molecule has 0 fully saturated rings. The zero-order valence-electron chi connectivity index (χ0n) is 12.0. The highest BCUT2D eigenvalue weighted by Crippen LogP contribution is 2.28. The third kappa shape index (κ3) is 3.04. The molecule has 0 bridgehead atoms. The molecule has 1 aromatic carbocycles. The Kier molecular flexibility index (Phi) is 4.27. The van der Waals surface area contributed by atoms with Gasteiger partial charge in [-0.3, -0.25) is 4.68 Å². The van der Waals surface area contributed by atoms with E-state index in [1.54, 1.807) is 38.2 Å². The summed E-state index contributed by atoms with van der Waals surface area (Å²) in [6.07, 6.45) is 1.40. The number of anilines is 1. The van der Waals surface area contributed by atoms with Gasteiger partial charge in [-0.15, -0.1) is 0 Å². The molecule has 0 amide bonds. The number of hydrogen-bond donors (Lipinski definition) is 1. The van der Waals surface area contributed by atoms with E-state index in [9.17, 15) is 8.42 Å². The standard InChI is InChI=1S/C13H17ClN4O2S/c1-9(10-4-6-11(14)7-5-10)18(3)21(19,20)12-8-17(2)16-13(12)15/h4-9H,1-3H3,(H2,15,16). The van der Waals surface area contributed by atoms with Gasteiger partial charge in [-0.05, 0) is 24.6 Å². The summed E-state index contributed by atoms with van der Waals surface area (Å²) in [5.41, 5.74) is 6.51. The van der Waals surface area contributed by atoms with Crippen molar-refractivity contribution in [2.24, 2.45) is 7.05 Å². The summed E-state index contributed by atoms with van der Waals surface area (Å²) in [5, 5.41) is 4.48. The van der Waals surface area contributed by atoms with Crippen molar-refractivity contribution in [2.75, 3.05) is 12.8 Å². The van der Waals surface area contributed by atoms with Crippen LogP contribution in [0, 0.1) is 0 Å². The Morgan fingerprint density at radius 3 is 2.38 bits per heavy atom. The highest BCUT2D eigenvalue weighted by Gasteiger charge is 2.29. The molecule has 1 atom stereocenters. The van der Waals surface area contributed by atoms with Crippen LogP contribution in [0.1, 0.15) is 18.5 Å². The average molecular weight is 329 g/mol. The SMILES string of the molecule is CC(c1ccc(Cl)cc1)N(C)S(=O)(=O)c1cn(C)nc1N. The van der Waals surface area contributed by atoms with Gasteiger partial charge in [0.1, 0.15) is 4.90 Å². The van der Waals surface area contributed by atoms with Crippen LogP contribution in [0.3, 0.4) is 0 Å². The summed E-state index contributed by atoms with van der Waals surface area (Å²) in [6.45, 7) is 1.80. The van der Waals surface area contributed by atoms with Crippen molar-refractivity contribution in [3.63, 3.8) is 0 Å². The molecule has 0 aliphatic carbocycles. The molecule has 8 heteroatoms. The van der Waals surface area contributed by atoms with Crippen molar-refractivity contribution in [1.82, 2.24) is 14.1 Å². The van der Waals surface area contributed by atoms with Crippen LogP contribution in [0.25, 0.3) is 0 Å². The number of aryl methyl sites for hydroxylation is 1. The van der Waals surface area contributed by atoms with Gasteiger partial charge in [-0.1, -0.05) is 23.7 Å². The number of nitrogens with zero attached hydrogens (tertiary/aromatic N) is 3. The van der Waals surface area contributed by atoms with Crippen LogP contribution in [-0.2, 0) is 17.1 Å². The zero-order valence-corrected chi connectivity index (χ0v) is 13.6. The number of sulfonamides is 1. The molecule has 0 spiro atoms. The highest BCUT2D eigenvalue weighted by molar-refractivity contribution is 7.89. The van der Waals surface area contributed by atoms with Gasteiger partial charge in [0.25, 0.3) is 0 Å². The smallest absolute Gasteiger partial charge is 0.248 e. The van der Waals surface area contributed by atoms with Crippen molar-refractivity contribution in [3.8, 4) is 0 Å². The van der Waals surface area contributed by atoms with Crippen LogP contribution in [0.5, 0.6) is 0 Å². The van der Waals surface area contributed by atoms with Gasteiger partial charge in [0.15, 0.2) is 5.82 Å². The number of aromatic nitrogens is 2. The molecule has 0 saturated heterocycles. The van der Waals surface area contributed by atoms with Crippen LogP contribution < -0.4 is 5.73 Å². The largest absolute Gasteiger partial charge is 0.381 e. The molecular formula is C13H17ClN4O2S. The molecule has 2 rings (SSSR count). The van der Waals surface area contributed by atoms with Crippen molar-refractivity contribution in [2.45, 2.75) is 17.9 Å². The highest BCUT2D eigenvalue weighted by atomic mass is 35.5. The van der Waals surface area contributed by atoms with E-state index in [0.29, 0.717) is 5.02 Å². The number of rotatable bonds is 4. The van der Waals surface area contributed by atoms with Crippen molar-refractivity contribution in [3.05, 3.63) is 41.0 Å². The number of halogens is 1. The summed E-state index contributed by atoms with van der Waals surface area (Å²) >= 11 is 5.85. The summed E-state index contributed by atoms with van der Waals surface area (Å²) in [4.78, 5) is 0.00770. The van der Waals surface area contributed by atoms with E-state index < -0.39 is 10.0 Å². The minimum atomic E-state index is -3.71. The zero-order chi connectivity index (χ0) is 15.8. The number of nitrogens with two attached hydrogens (primary N) is 1. The van der Waals surface area contributed by atoms with Crippen LogP contribution >= 0.6 is 11.6 Å². The molecular weight excluding hydrogens is 312 g/mol. The van der Waals surface area contributed by atoms with Crippen LogP contribution in [0.2, 0.25) is 5.02 Å². The molecule has 0 aliphatic rings. The van der Waals surface area contributed by atoms with Crippen LogP contribution in [0.15, 0.2) is 35.4 Å². The number of benzene rings is 1. The van der Waals surface area contributed by atoms with E-state index in [-0.39, 0.29) is 16.8 Å². The summed E-state index contributed by atoms with van der Waals surface area (Å²) in [6, 6.07) is 6.70. The molecule has 2 aromatic rings. The van der Waals surface area contributed by atoms with E-state index in [4.69, 9.17) is 17.3 Å². The van der Waals surface area contributed by atoms with Crippen LogP contribution in [-0.4, -0.2) is 29.6 Å². The molecule has 0 saturated carbocycles. The van der Waals surface area contributed by atoms with Crippen molar-refractivity contribution in [1.29, 1.82) is 0 Å². The summed E-state index contributed by atoms with van der Waals surface area (Å²) < 4.78 is 27.9. The van der Waals surface area contributed by atoms with Crippen LogP contribution in [0.4, 0.5) is 5.82 Å². The molecule has 2 N–H and O–H groups in total. The van der Waals surface area contributed by atoms with Crippen molar-refractivity contribution >= 4 is 27.4 Å². The Bertz CT molecular complexity index is 740. The maximum absolute atomic E-state index is 12.6. The lowest BCUT2D eigenvalue weighted by Gasteiger charge is -2.24. The number of hydrogen-bond acceptors (Lipinski definition) is 4. The van der Waals surface area contributed by atoms with E-state index in [0.717, 1.165) is 5.56 Å². The van der Waals surface area contributed by atoms with E-state index in [1.165, 1.54) is 22.2 Å². The summed E-state index contributed by atoms with van der Waals surface area (Å²) in [7, 11) is -0.576. The molecule has 1 unspecified atom stereocenters. The first-order valence-electron chi connectivity index (χ1n) is 6.26. The topological polar surface area (TPSA) is 81.2 Å². The fourth-order valence-corrected chi connectivity index (χ4v) is 3.56. The first kappa shape index (κ1) is 15.8. The molecule has 21 heavy (non-hydrogen) atoms. The van der Waals surface area contributed by atoms with Gasteiger partial charge in [0.2, 0.25) is 10.0 Å². The molecule has 1 aromatic heterocycles. The van der Waals surface area contributed by atoms with Gasteiger partial charge in [-0.2, -0.15) is 9.40 Å². The monoisotopic (exact) mass is 328 g/mol.